The van der Waals surface area contributed by atoms with E-state index in [4.69, 9.17) is 34.8 Å². The normalized spacial score (nSPS) is 12.2. The Morgan fingerprint density at radius 1 is 1.00 bits per heavy atom. The molecule has 0 spiro atoms. The number of hydrogen-bond acceptors (Lipinski definition) is 1. The van der Waals surface area contributed by atoms with Gasteiger partial charge in [-0.1, -0.05) is 59.9 Å². The summed E-state index contributed by atoms with van der Waals surface area (Å²) >= 11 is 18.0. The first-order valence-electron chi connectivity index (χ1n) is 6.69. The summed E-state index contributed by atoms with van der Waals surface area (Å²) in [5.41, 5.74) is 1.58. The molecule has 0 radical (unpaired) electrons. The van der Waals surface area contributed by atoms with Gasteiger partial charge in [-0.15, -0.1) is 0 Å². The van der Waals surface area contributed by atoms with Crippen LogP contribution in [-0.2, 0) is 6.42 Å². The Morgan fingerprint density at radius 3 is 2.14 bits per heavy atom. The molecule has 110 valence electrons. The average molecular weight is 342 g/mol. The van der Waals surface area contributed by atoms with E-state index in [0.717, 1.165) is 12.0 Å². The summed E-state index contributed by atoms with van der Waals surface area (Å²) in [4.78, 5) is 12.4. The SMILES string of the molecule is CC(CC(=O)c1c(Cl)cccc1Cl)Cc1ccc(Cl)cc1. The monoisotopic (exact) mass is 340 g/mol. The zero-order valence-corrected chi connectivity index (χ0v) is 13.8. The predicted molar refractivity (Wildman–Crippen MR) is 89.7 cm³/mol. The van der Waals surface area contributed by atoms with Gasteiger partial charge in [0.05, 0.1) is 15.6 Å². The van der Waals surface area contributed by atoms with Crippen molar-refractivity contribution in [2.24, 2.45) is 5.92 Å². The second-order valence-electron chi connectivity index (χ2n) is 5.16. The number of ketones is 1. The lowest BCUT2D eigenvalue weighted by molar-refractivity contribution is 0.0965. The van der Waals surface area contributed by atoms with Gasteiger partial charge < -0.3 is 0 Å². The summed E-state index contributed by atoms with van der Waals surface area (Å²) in [6.45, 7) is 2.04. The minimum absolute atomic E-state index is 0.0212. The van der Waals surface area contributed by atoms with Crippen LogP contribution in [0.4, 0.5) is 0 Å². The fourth-order valence-corrected chi connectivity index (χ4v) is 3.01. The summed E-state index contributed by atoms with van der Waals surface area (Å²) < 4.78 is 0. The molecule has 0 bridgehead atoms. The first kappa shape index (κ1) is 16.4. The van der Waals surface area contributed by atoms with E-state index in [9.17, 15) is 4.79 Å². The van der Waals surface area contributed by atoms with Crippen LogP contribution in [0.15, 0.2) is 42.5 Å². The number of rotatable bonds is 5. The van der Waals surface area contributed by atoms with Crippen LogP contribution in [0.3, 0.4) is 0 Å². The molecule has 2 aromatic rings. The van der Waals surface area contributed by atoms with Gasteiger partial charge in [0.25, 0.3) is 0 Å². The second kappa shape index (κ2) is 7.31. The Balaban J connectivity index is 2.04. The van der Waals surface area contributed by atoms with Crippen LogP contribution in [0, 0.1) is 5.92 Å². The maximum absolute atomic E-state index is 12.4. The smallest absolute Gasteiger partial charge is 0.166 e. The standard InChI is InChI=1S/C17H15Cl3O/c1-11(9-12-5-7-13(18)8-6-12)10-16(21)17-14(19)3-2-4-15(17)20/h2-8,11H,9-10H2,1H3. The molecule has 0 aromatic heterocycles. The number of Topliss-reactive ketones (excluding diaryl/α,β-unsaturated/α-hetero) is 1. The summed E-state index contributed by atoms with van der Waals surface area (Å²) in [6.07, 6.45) is 1.22. The van der Waals surface area contributed by atoms with Crippen molar-refractivity contribution < 1.29 is 4.79 Å². The number of benzene rings is 2. The van der Waals surface area contributed by atoms with Crippen molar-refractivity contribution in [2.45, 2.75) is 19.8 Å². The highest BCUT2D eigenvalue weighted by Crippen LogP contribution is 2.27. The predicted octanol–water partition coefficient (Wildman–Crippen LogP) is 6.10. The van der Waals surface area contributed by atoms with E-state index in [1.807, 2.05) is 31.2 Å². The van der Waals surface area contributed by atoms with Crippen LogP contribution >= 0.6 is 34.8 Å². The summed E-state index contributed by atoms with van der Waals surface area (Å²) in [5.74, 6) is 0.179. The first-order valence-corrected chi connectivity index (χ1v) is 7.82. The maximum Gasteiger partial charge on any atom is 0.166 e. The molecule has 1 atom stereocenters. The van der Waals surface area contributed by atoms with Gasteiger partial charge in [0.15, 0.2) is 5.78 Å². The van der Waals surface area contributed by atoms with Gasteiger partial charge in [-0.05, 0) is 42.2 Å². The van der Waals surface area contributed by atoms with Crippen molar-refractivity contribution in [1.82, 2.24) is 0 Å². The Hall–Kier alpha value is -1.02. The van der Waals surface area contributed by atoms with Crippen molar-refractivity contribution in [2.75, 3.05) is 0 Å². The van der Waals surface area contributed by atoms with E-state index >= 15 is 0 Å². The third kappa shape index (κ3) is 4.47. The van der Waals surface area contributed by atoms with E-state index in [-0.39, 0.29) is 11.7 Å². The highest BCUT2D eigenvalue weighted by atomic mass is 35.5. The fraction of sp³-hybridized carbons (Fsp3) is 0.235. The molecule has 0 saturated carbocycles. The van der Waals surface area contributed by atoms with Gasteiger partial charge in [0.1, 0.15) is 0 Å². The molecule has 0 saturated heterocycles. The minimum Gasteiger partial charge on any atom is -0.294 e. The zero-order valence-electron chi connectivity index (χ0n) is 11.6. The Morgan fingerprint density at radius 2 is 1.57 bits per heavy atom. The Bertz CT molecular complexity index is 615. The van der Waals surface area contributed by atoms with Gasteiger partial charge >= 0.3 is 0 Å². The lowest BCUT2D eigenvalue weighted by Gasteiger charge is -2.12. The zero-order chi connectivity index (χ0) is 15.4. The summed E-state index contributed by atoms with van der Waals surface area (Å²) in [5, 5.41) is 1.53. The van der Waals surface area contributed by atoms with Crippen molar-refractivity contribution in [1.29, 1.82) is 0 Å². The molecule has 0 aliphatic rings. The molecule has 0 N–H and O–H groups in total. The molecule has 0 fully saturated rings. The molecular formula is C17H15Cl3O. The second-order valence-corrected chi connectivity index (χ2v) is 6.41. The van der Waals surface area contributed by atoms with Gasteiger partial charge in [0.2, 0.25) is 0 Å². The lowest BCUT2D eigenvalue weighted by Crippen LogP contribution is -2.09. The molecule has 2 rings (SSSR count). The fourth-order valence-electron chi connectivity index (χ4n) is 2.28. The largest absolute Gasteiger partial charge is 0.294 e. The molecule has 1 nitrogen and oxygen atoms in total. The topological polar surface area (TPSA) is 17.1 Å². The Kier molecular flexibility index (Phi) is 5.69. The molecule has 4 heteroatoms. The highest BCUT2D eigenvalue weighted by Gasteiger charge is 2.17. The molecule has 0 heterocycles. The summed E-state index contributed by atoms with van der Waals surface area (Å²) in [6, 6.07) is 12.8. The highest BCUT2D eigenvalue weighted by molar-refractivity contribution is 6.39. The van der Waals surface area contributed by atoms with Gasteiger partial charge in [-0.25, -0.2) is 0 Å². The van der Waals surface area contributed by atoms with Crippen molar-refractivity contribution in [3.05, 3.63) is 68.7 Å². The average Bonchev–Trinajstić information content (AvgIpc) is 2.41. The quantitative estimate of drug-likeness (QED) is 0.601. The first-order chi connectivity index (χ1) is 9.97. The van der Waals surface area contributed by atoms with Crippen molar-refractivity contribution in [3.63, 3.8) is 0 Å². The van der Waals surface area contributed by atoms with Crippen LogP contribution in [0.2, 0.25) is 15.1 Å². The van der Waals surface area contributed by atoms with E-state index in [1.54, 1.807) is 18.2 Å². The Labute approximate surface area is 139 Å². The molecule has 0 amide bonds. The van der Waals surface area contributed by atoms with Crippen LogP contribution in [0.5, 0.6) is 0 Å². The lowest BCUT2D eigenvalue weighted by atomic mass is 9.93. The molecule has 0 aliphatic carbocycles. The third-order valence-corrected chi connectivity index (χ3v) is 4.15. The van der Waals surface area contributed by atoms with Gasteiger partial charge in [0, 0.05) is 11.4 Å². The van der Waals surface area contributed by atoms with E-state index in [2.05, 4.69) is 0 Å². The molecule has 2 aromatic carbocycles. The third-order valence-electron chi connectivity index (χ3n) is 3.27. The van der Waals surface area contributed by atoms with Gasteiger partial charge in [-0.3, -0.25) is 4.79 Å². The molecule has 21 heavy (non-hydrogen) atoms. The number of carbonyl (C=O) groups is 1. The van der Waals surface area contributed by atoms with Crippen molar-refractivity contribution >= 4 is 40.6 Å². The van der Waals surface area contributed by atoms with Crippen LogP contribution < -0.4 is 0 Å². The van der Waals surface area contributed by atoms with E-state index < -0.39 is 0 Å². The summed E-state index contributed by atoms with van der Waals surface area (Å²) in [7, 11) is 0. The number of carbonyl (C=O) groups excluding carboxylic acids is 1. The molecule has 1 unspecified atom stereocenters. The van der Waals surface area contributed by atoms with E-state index in [1.165, 1.54) is 0 Å². The maximum atomic E-state index is 12.4. The van der Waals surface area contributed by atoms with E-state index in [0.29, 0.717) is 27.1 Å². The number of halogens is 3. The number of hydrogen-bond donors (Lipinski definition) is 0. The molecular weight excluding hydrogens is 327 g/mol. The van der Waals surface area contributed by atoms with Crippen LogP contribution in [0.1, 0.15) is 29.3 Å². The van der Waals surface area contributed by atoms with Crippen molar-refractivity contribution in [3.8, 4) is 0 Å². The van der Waals surface area contributed by atoms with Crippen LogP contribution in [0.25, 0.3) is 0 Å². The molecule has 0 aliphatic heterocycles. The minimum atomic E-state index is -0.0212. The van der Waals surface area contributed by atoms with Crippen LogP contribution in [-0.4, -0.2) is 5.78 Å². The van der Waals surface area contributed by atoms with Gasteiger partial charge in [-0.2, -0.15) is 0 Å².